The predicted octanol–water partition coefficient (Wildman–Crippen LogP) is 3.55. The summed E-state index contributed by atoms with van der Waals surface area (Å²) in [7, 11) is 0. The molecule has 0 heterocycles. The quantitative estimate of drug-likeness (QED) is 0.551. The fourth-order valence-electron chi connectivity index (χ4n) is 1.27. The van der Waals surface area contributed by atoms with Crippen LogP contribution in [0.3, 0.4) is 0 Å². The van der Waals surface area contributed by atoms with Crippen molar-refractivity contribution in [3.63, 3.8) is 0 Å². The van der Waals surface area contributed by atoms with E-state index in [4.69, 9.17) is 11.6 Å². The lowest BCUT2D eigenvalue weighted by Crippen LogP contribution is -2.23. The molecule has 74 valence electrons. The molecule has 0 saturated heterocycles. The first-order valence-electron chi connectivity index (χ1n) is 4.32. The van der Waals surface area contributed by atoms with E-state index in [0.717, 1.165) is 5.56 Å². The number of nitrogens with zero attached hydrogens (tertiary/aromatic N) is 1. The summed E-state index contributed by atoms with van der Waals surface area (Å²) in [5.74, 6) is 0. The highest BCUT2D eigenvalue weighted by Gasteiger charge is 2.16. The minimum Gasteiger partial charge on any atom is -0.299 e. The Bertz CT molecular complexity index is 323. The van der Waals surface area contributed by atoms with Gasteiger partial charge in [-0.05, 0) is 24.1 Å². The van der Waals surface area contributed by atoms with Crippen molar-refractivity contribution < 1.29 is 4.79 Å². The minimum atomic E-state index is -0.517. The van der Waals surface area contributed by atoms with E-state index >= 15 is 0 Å². The van der Waals surface area contributed by atoms with Crippen molar-refractivity contribution >= 4 is 17.0 Å². The molecular weight excluding hydrogens is 198 g/mol. The Kier molecular flexibility index (Phi) is 3.72. The molecule has 1 amide bonds. The molecule has 0 saturated carbocycles. The van der Waals surface area contributed by atoms with Gasteiger partial charge in [-0.3, -0.25) is 9.69 Å². The Morgan fingerprint density at radius 2 is 2.07 bits per heavy atom. The molecule has 1 rings (SSSR count). The number of carbonyl (C=O) groups is 1. The molecular formula is C11H12ClNO. The third-order valence-electron chi connectivity index (χ3n) is 2.10. The zero-order valence-electron chi connectivity index (χ0n) is 7.98. The van der Waals surface area contributed by atoms with Gasteiger partial charge in [-0.15, -0.1) is 0 Å². The van der Waals surface area contributed by atoms with Gasteiger partial charge in [0, 0.05) is 6.20 Å². The van der Waals surface area contributed by atoms with Crippen molar-refractivity contribution in [1.29, 1.82) is 0 Å². The summed E-state index contributed by atoms with van der Waals surface area (Å²) in [5, 5.41) is -0.517. The smallest absolute Gasteiger partial charge is 0.299 e. The van der Waals surface area contributed by atoms with Crippen molar-refractivity contribution in [1.82, 2.24) is 4.90 Å². The number of hydrogen-bond donors (Lipinski definition) is 0. The SMILES string of the molecule is C=CN(C(=O)Cl)[C@H](C)c1ccccc1. The van der Waals surface area contributed by atoms with Crippen LogP contribution in [0.2, 0.25) is 0 Å². The average Bonchev–Trinajstić information content (AvgIpc) is 2.19. The molecule has 1 atom stereocenters. The van der Waals surface area contributed by atoms with Gasteiger partial charge >= 0.3 is 5.37 Å². The van der Waals surface area contributed by atoms with Crippen LogP contribution in [0.15, 0.2) is 43.1 Å². The van der Waals surface area contributed by atoms with Gasteiger partial charge in [0.15, 0.2) is 0 Å². The number of rotatable bonds is 3. The van der Waals surface area contributed by atoms with E-state index in [1.54, 1.807) is 0 Å². The van der Waals surface area contributed by atoms with Gasteiger partial charge < -0.3 is 0 Å². The number of benzene rings is 1. The van der Waals surface area contributed by atoms with Gasteiger partial charge in [0.25, 0.3) is 0 Å². The molecule has 1 aromatic carbocycles. The van der Waals surface area contributed by atoms with Crippen LogP contribution in [-0.2, 0) is 0 Å². The van der Waals surface area contributed by atoms with Gasteiger partial charge in [0.05, 0.1) is 6.04 Å². The molecule has 0 N–H and O–H groups in total. The van der Waals surface area contributed by atoms with Crippen molar-refractivity contribution in [2.45, 2.75) is 13.0 Å². The fourth-order valence-corrected chi connectivity index (χ4v) is 1.49. The number of carbonyl (C=O) groups excluding carboxylic acids is 1. The first-order chi connectivity index (χ1) is 6.66. The van der Waals surface area contributed by atoms with Gasteiger partial charge in [0.2, 0.25) is 0 Å². The Morgan fingerprint density at radius 1 is 1.50 bits per heavy atom. The van der Waals surface area contributed by atoms with E-state index in [-0.39, 0.29) is 6.04 Å². The van der Waals surface area contributed by atoms with E-state index in [1.807, 2.05) is 37.3 Å². The maximum absolute atomic E-state index is 11.0. The first-order valence-corrected chi connectivity index (χ1v) is 4.70. The van der Waals surface area contributed by atoms with E-state index in [1.165, 1.54) is 11.1 Å². The van der Waals surface area contributed by atoms with Crippen LogP contribution < -0.4 is 0 Å². The monoisotopic (exact) mass is 209 g/mol. The van der Waals surface area contributed by atoms with Crippen LogP contribution >= 0.6 is 11.6 Å². The number of amides is 1. The van der Waals surface area contributed by atoms with Gasteiger partial charge in [0.1, 0.15) is 0 Å². The van der Waals surface area contributed by atoms with Crippen LogP contribution in [0, 0.1) is 0 Å². The number of halogens is 1. The van der Waals surface area contributed by atoms with Gasteiger partial charge in [-0.1, -0.05) is 36.9 Å². The average molecular weight is 210 g/mol. The molecule has 2 nitrogen and oxygen atoms in total. The lowest BCUT2D eigenvalue weighted by molar-refractivity contribution is 0.227. The maximum atomic E-state index is 11.0. The molecule has 0 fully saturated rings. The van der Waals surface area contributed by atoms with Crippen LogP contribution in [0.4, 0.5) is 4.79 Å². The second-order valence-electron chi connectivity index (χ2n) is 2.93. The molecule has 3 heteroatoms. The molecule has 0 aliphatic heterocycles. The van der Waals surface area contributed by atoms with Gasteiger partial charge in [-0.25, -0.2) is 0 Å². The Morgan fingerprint density at radius 3 is 2.50 bits per heavy atom. The van der Waals surface area contributed by atoms with Crippen LogP contribution in [0.25, 0.3) is 0 Å². The topological polar surface area (TPSA) is 20.3 Å². The lowest BCUT2D eigenvalue weighted by atomic mass is 10.1. The molecule has 0 radical (unpaired) electrons. The van der Waals surface area contributed by atoms with Gasteiger partial charge in [-0.2, -0.15) is 0 Å². The fraction of sp³-hybridized carbons (Fsp3) is 0.182. The van der Waals surface area contributed by atoms with Crippen molar-refractivity contribution in [3.8, 4) is 0 Å². The molecule has 0 aromatic heterocycles. The summed E-state index contributed by atoms with van der Waals surface area (Å²) in [4.78, 5) is 12.4. The van der Waals surface area contributed by atoms with E-state index in [9.17, 15) is 4.79 Å². The summed E-state index contributed by atoms with van der Waals surface area (Å²) in [5.41, 5.74) is 1.03. The minimum absolute atomic E-state index is 0.0845. The molecule has 0 bridgehead atoms. The zero-order valence-corrected chi connectivity index (χ0v) is 8.74. The lowest BCUT2D eigenvalue weighted by Gasteiger charge is -2.23. The highest BCUT2D eigenvalue weighted by Crippen LogP contribution is 2.21. The Balaban J connectivity index is 2.88. The molecule has 0 aliphatic carbocycles. The summed E-state index contributed by atoms with van der Waals surface area (Å²) in [6.07, 6.45) is 1.44. The molecule has 1 aromatic rings. The van der Waals surface area contributed by atoms with Crippen LogP contribution in [-0.4, -0.2) is 10.3 Å². The zero-order chi connectivity index (χ0) is 10.6. The maximum Gasteiger partial charge on any atom is 0.320 e. The summed E-state index contributed by atoms with van der Waals surface area (Å²) in [6.45, 7) is 5.45. The third kappa shape index (κ3) is 2.36. The second-order valence-corrected chi connectivity index (χ2v) is 3.25. The molecule has 0 aliphatic rings. The van der Waals surface area contributed by atoms with Crippen molar-refractivity contribution in [2.75, 3.05) is 0 Å². The highest BCUT2D eigenvalue weighted by molar-refractivity contribution is 6.63. The third-order valence-corrected chi connectivity index (χ3v) is 2.29. The Labute approximate surface area is 88.8 Å². The molecule has 0 unspecified atom stereocenters. The van der Waals surface area contributed by atoms with E-state index in [0.29, 0.717) is 0 Å². The van der Waals surface area contributed by atoms with E-state index in [2.05, 4.69) is 6.58 Å². The second kappa shape index (κ2) is 4.82. The predicted molar refractivity (Wildman–Crippen MR) is 58.1 cm³/mol. The van der Waals surface area contributed by atoms with E-state index < -0.39 is 5.37 Å². The largest absolute Gasteiger partial charge is 0.320 e. The summed E-state index contributed by atoms with van der Waals surface area (Å²) < 4.78 is 0. The molecule has 0 spiro atoms. The van der Waals surface area contributed by atoms with Crippen LogP contribution in [0.5, 0.6) is 0 Å². The molecule has 14 heavy (non-hydrogen) atoms. The van der Waals surface area contributed by atoms with Crippen molar-refractivity contribution in [2.24, 2.45) is 0 Å². The Hall–Kier alpha value is -1.28. The van der Waals surface area contributed by atoms with Crippen molar-refractivity contribution in [3.05, 3.63) is 48.7 Å². The standard InChI is InChI=1S/C11H12ClNO/c1-3-13(11(12)14)9(2)10-7-5-4-6-8-10/h3-9H,1H2,2H3/t9-/m1/s1. The number of hydrogen-bond acceptors (Lipinski definition) is 1. The summed E-state index contributed by atoms with van der Waals surface area (Å²) >= 11 is 5.40. The first kappa shape index (κ1) is 10.8. The summed E-state index contributed by atoms with van der Waals surface area (Å²) in [6, 6.07) is 9.58. The van der Waals surface area contributed by atoms with Crippen LogP contribution in [0.1, 0.15) is 18.5 Å². The highest BCUT2D eigenvalue weighted by atomic mass is 35.5. The normalized spacial score (nSPS) is 11.9.